The first-order valence-corrected chi connectivity index (χ1v) is 6.04. The molecular weight excluding hydrogens is 200 g/mol. The SMILES string of the molecule is Cc1ccc(N2CC3(CCNCC3)C2)nn1. The molecule has 2 aliphatic heterocycles. The molecule has 0 amide bonds. The van der Waals surface area contributed by atoms with Gasteiger partial charge in [-0.2, -0.15) is 5.10 Å². The van der Waals surface area contributed by atoms with Crippen molar-refractivity contribution < 1.29 is 0 Å². The van der Waals surface area contributed by atoms with Crippen LogP contribution in [0.2, 0.25) is 0 Å². The minimum absolute atomic E-state index is 0.567. The maximum Gasteiger partial charge on any atom is 0.151 e. The van der Waals surface area contributed by atoms with Crippen LogP contribution >= 0.6 is 0 Å². The van der Waals surface area contributed by atoms with Gasteiger partial charge in [0.05, 0.1) is 5.69 Å². The topological polar surface area (TPSA) is 41.0 Å². The highest BCUT2D eigenvalue weighted by Gasteiger charge is 2.43. The van der Waals surface area contributed by atoms with Crippen molar-refractivity contribution in [3.8, 4) is 0 Å². The maximum absolute atomic E-state index is 4.24. The number of anilines is 1. The second kappa shape index (κ2) is 3.70. The van der Waals surface area contributed by atoms with Crippen LogP contribution in [-0.2, 0) is 0 Å². The van der Waals surface area contributed by atoms with Crippen LogP contribution in [0.5, 0.6) is 0 Å². The smallest absolute Gasteiger partial charge is 0.151 e. The fraction of sp³-hybridized carbons (Fsp3) is 0.667. The predicted molar refractivity (Wildman–Crippen MR) is 63.5 cm³/mol. The summed E-state index contributed by atoms with van der Waals surface area (Å²) in [5, 5.41) is 11.8. The van der Waals surface area contributed by atoms with Crippen molar-refractivity contribution in [3.05, 3.63) is 17.8 Å². The highest BCUT2D eigenvalue weighted by atomic mass is 15.3. The van der Waals surface area contributed by atoms with E-state index in [4.69, 9.17) is 0 Å². The maximum atomic E-state index is 4.24. The molecule has 0 radical (unpaired) electrons. The van der Waals surface area contributed by atoms with Crippen LogP contribution in [-0.4, -0.2) is 36.4 Å². The highest BCUT2D eigenvalue weighted by Crippen LogP contribution is 2.40. The first kappa shape index (κ1) is 10.0. The zero-order valence-corrected chi connectivity index (χ0v) is 9.74. The Kier molecular flexibility index (Phi) is 2.32. The molecule has 1 N–H and O–H groups in total. The van der Waals surface area contributed by atoms with E-state index in [1.807, 2.05) is 13.0 Å². The number of nitrogens with zero attached hydrogens (tertiary/aromatic N) is 3. The number of hydrogen-bond donors (Lipinski definition) is 1. The summed E-state index contributed by atoms with van der Waals surface area (Å²) in [5.41, 5.74) is 1.55. The Labute approximate surface area is 96.1 Å². The third-order valence-electron chi connectivity index (χ3n) is 3.82. The van der Waals surface area contributed by atoms with E-state index in [2.05, 4.69) is 26.5 Å². The van der Waals surface area contributed by atoms with E-state index in [9.17, 15) is 0 Å². The van der Waals surface area contributed by atoms with E-state index in [1.165, 1.54) is 25.9 Å². The molecule has 1 aromatic heterocycles. The van der Waals surface area contributed by atoms with Crippen LogP contribution in [0.1, 0.15) is 18.5 Å². The van der Waals surface area contributed by atoms with Gasteiger partial charge in [0.15, 0.2) is 5.82 Å². The van der Waals surface area contributed by atoms with Gasteiger partial charge in [0.1, 0.15) is 0 Å². The summed E-state index contributed by atoms with van der Waals surface area (Å²) in [4.78, 5) is 2.35. The summed E-state index contributed by atoms with van der Waals surface area (Å²) in [6.07, 6.45) is 2.62. The Hall–Kier alpha value is -1.16. The molecule has 2 saturated heterocycles. The Morgan fingerprint density at radius 1 is 1.19 bits per heavy atom. The van der Waals surface area contributed by atoms with Crippen molar-refractivity contribution in [1.82, 2.24) is 15.5 Å². The van der Waals surface area contributed by atoms with E-state index in [0.717, 1.165) is 24.6 Å². The molecule has 4 nitrogen and oxygen atoms in total. The summed E-state index contributed by atoms with van der Waals surface area (Å²) in [5.74, 6) is 1.04. The van der Waals surface area contributed by atoms with Gasteiger partial charge in [0, 0.05) is 18.5 Å². The van der Waals surface area contributed by atoms with Crippen LogP contribution < -0.4 is 10.2 Å². The van der Waals surface area contributed by atoms with Crippen LogP contribution in [0.3, 0.4) is 0 Å². The zero-order valence-electron chi connectivity index (χ0n) is 9.74. The number of hydrogen-bond acceptors (Lipinski definition) is 4. The van der Waals surface area contributed by atoms with Crippen molar-refractivity contribution in [2.75, 3.05) is 31.1 Å². The van der Waals surface area contributed by atoms with E-state index in [1.54, 1.807) is 0 Å². The lowest BCUT2D eigenvalue weighted by Gasteiger charge is -2.52. The molecule has 0 unspecified atom stereocenters. The largest absolute Gasteiger partial charge is 0.354 e. The van der Waals surface area contributed by atoms with E-state index in [-0.39, 0.29) is 0 Å². The van der Waals surface area contributed by atoms with Gasteiger partial charge in [-0.25, -0.2) is 0 Å². The molecule has 3 rings (SSSR count). The summed E-state index contributed by atoms with van der Waals surface area (Å²) in [6, 6.07) is 4.12. The third kappa shape index (κ3) is 1.67. The molecule has 1 aromatic rings. The Balaban J connectivity index is 1.66. The van der Waals surface area contributed by atoms with Crippen molar-refractivity contribution in [3.63, 3.8) is 0 Å². The highest BCUT2D eigenvalue weighted by molar-refractivity contribution is 5.42. The molecule has 86 valence electrons. The molecule has 1 spiro atoms. The molecular formula is C12H18N4. The van der Waals surface area contributed by atoms with Crippen molar-refractivity contribution >= 4 is 5.82 Å². The number of aromatic nitrogens is 2. The molecule has 2 fully saturated rings. The lowest BCUT2D eigenvalue weighted by Crippen LogP contribution is -2.60. The van der Waals surface area contributed by atoms with Gasteiger partial charge < -0.3 is 10.2 Å². The first-order valence-electron chi connectivity index (χ1n) is 6.04. The summed E-state index contributed by atoms with van der Waals surface area (Å²) in [6.45, 7) is 6.64. The van der Waals surface area contributed by atoms with Gasteiger partial charge >= 0.3 is 0 Å². The average molecular weight is 218 g/mol. The molecule has 0 saturated carbocycles. The van der Waals surface area contributed by atoms with Gasteiger partial charge in [0.2, 0.25) is 0 Å². The zero-order chi connectivity index (χ0) is 11.0. The van der Waals surface area contributed by atoms with Gasteiger partial charge in [-0.05, 0) is 45.0 Å². The van der Waals surface area contributed by atoms with Crippen molar-refractivity contribution in [2.24, 2.45) is 5.41 Å². The van der Waals surface area contributed by atoms with Crippen LogP contribution in [0.4, 0.5) is 5.82 Å². The first-order chi connectivity index (χ1) is 7.77. The molecule has 0 bridgehead atoms. The standard InChI is InChI=1S/C12H18N4/c1-10-2-3-11(15-14-10)16-8-12(9-16)4-6-13-7-5-12/h2-3,13H,4-9H2,1H3. The Morgan fingerprint density at radius 3 is 2.56 bits per heavy atom. The van der Waals surface area contributed by atoms with Crippen molar-refractivity contribution in [2.45, 2.75) is 19.8 Å². The number of rotatable bonds is 1. The lowest BCUT2D eigenvalue weighted by atomic mass is 9.72. The molecule has 16 heavy (non-hydrogen) atoms. The fourth-order valence-corrected chi connectivity index (χ4v) is 2.76. The predicted octanol–water partition coefficient (Wildman–Crippen LogP) is 0.975. The second-order valence-corrected chi connectivity index (χ2v) is 5.14. The van der Waals surface area contributed by atoms with Gasteiger partial charge in [-0.1, -0.05) is 0 Å². The molecule has 0 aromatic carbocycles. The van der Waals surface area contributed by atoms with Crippen molar-refractivity contribution in [1.29, 1.82) is 0 Å². The number of piperidine rings is 1. The monoisotopic (exact) mass is 218 g/mol. The van der Waals surface area contributed by atoms with Crippen LogP contribution in [0.25, 0.3) is 0 Å². The molecule has 4 heteroatoms. The Bertz CT molecular complexity index is 359. The molecule has 0 aliphatic carbocycles. The summed E-state index contributed by atoms with van der Waals surface area (Å²) in [7, 11) is 0. The lowest BCUT2D eigenvalue weighted by molar-refractivity contribution is 0.149. The third-order valence-corrected chi connectivity index (χ3v) is 3.82. The average Bonchev–Trinajstić information content (AvgIpc) is 2.28. The number of nitrogens with one attached hydrogen (secondary N) is 1. The summed E-state index contributed by atoms with van der Waals surface area (Å²) >= 11 is 0. The Morgan fingerprint density at radius 2 is 1.94 bits per heavy atom. The summed E-state index contributed by atoms with van der Waals surface area (Å²) < 4.78 is 0. The van der Waals surface area contributed by atoms with E-state index in [0.29, 0.717) is 5.41 Å². The fourth-order valence-electron chi connectivity index (χ4n) is 2.76. The van der Waals surface area contributed by atoms with Crippen LogP contribution in [0, 0.1) is 12.3 Å². The van der Waals surface area contributed by atoms with E-state index >= 15 is 0 Å². The molecule has 2 aliphatic rings. The van der Waals surface area contributed by atoms with Gasteiger partial charge in [-0.3, -0.25) is 0 Å². The minimum atomic E-state index is 0.567. The number of aryl methyl sites for hydroxylation is 1. The normalized spacial score (nSPS) is 23.2. The van der Waals surface area contributed by atoms with Gasteiger partial charge in [0.25, 0.3) is 0 Å². The minimum Gasteiger partial charge on any atom is -0.354 e. The van der Waals surface area contributed by atoms with Crippen LogP contribution in [0.15, 0.2) is 12.1 Å². The van der Waals surface area contributed by atoms with E-state index < -0.39 is 0 Å². The molecule has 0 atom stereocenters. The quantitative estimate of drug-likeness (QED) is 0.762. The second-order valence-electron chi connectivity index (χ2n) is 5.14. The molecule has 3 heterocycles. The van der Waals surface area contributed by atoms with Gasteiger partial charge in [-0.15, -0.1) is 5.10 Å².